The van der Waals surface area contributed by atoms with Crippen molar-refractivity contribution >= 4 is 27.4 Å². The fourth-order valence-corrected chi connectivity index (χ4v) is 2.41. The molecule has 1 aromatic carbocycles. The second-order valence-corrected chi connectivity index (χ2v) is 7.96. The van der Waals surface area contributed by atoms with Crippen LogP contribution in [-0.2, 0) is 14.6 Å². The van der Waals surface area contributed by atoms with Gasteiger partial charge in [0.1, 0.15) is 0 Å². The zero-order chi connectivity index (χ0) is 18.7. The van der Waals surface area contributed by atoms with E-state index in [4.69, 9.17) is 5.11 Å². The summed E-state index contributed by atoms with van der Waals surface area (Å²) in [6.45, 7) is 3.02. The van der Waals surface area contributed by atoms with Crippen LogP contribution in [0.2, 0.25) is 0 Å². The predicted molar refractivity (Wildman–Crippen MR) is 84.6 cm³/mol. The second-order valence-electron chi connectivity index (χ2n) is 5.94. The number of non-ortho nitro benzene ring substituents is 1. The molecule has 0 fully saturated rings. The van der Waals surface area contributed by atoms with Crippen LogP contribution in [0.25, 0.3) is 0 Å². The van der Waals surface area contributed by atoms with Crippen molar-refractivity contribution < 1.29 is 28.0 Å². The molecule has 0 aliphatic heterocycles. The lowest BCUT2D eigenvalue weighted by atomic mass is 9.90. The largest absolute Gasteiger partial charge is 0.481 e. The van der Waals surface area contributed by atoms with Crippen molar-refractivity contribution in [1.29, 1.82) is 0 Å². The molecule has 132 valence electrons. The molecule has 0 aliphatic carbocycles. The Morgan fingerprint density at radius 2 is 1.88 bits per heavy atom. The second kappa shape index (κ2) is 6.95. The molecule has 0 saturated heterocycles. The Morgan fingerprint density at radius 3 is 2.33 bits per heavy atom. The van der Waals surface area contributed by atoms with Gasteiger partial charge in [-0.25, -0.2) is 8.42 Å². The molecule has 1 rings (SSSR count). The Bertz CT molecular complexity index is 784. The number of nitro benzene ring substituents is 1. The van der Waals surface area contributed by atoms with Crippen LogP contribution in [0.15, 0.2) is 23.1 Å². The molecule has 24 heavy (non-hydrogen) atoms. The molecule has 0 aromatic heterocycles. The third-order valence-corrected chi connectivity index (χ3v) is 4.50. The normalized spacial score (nSPS) is 11.8. The number of carboxylic acid groups (broad SMARTS) is 1. The van der Waals surface area contributed by atoms with Crippen molar-refractivity contribution in [2.75, 3.05) is 12.8 Å². The van der Waals surface area contributed by atoms with E-state index in [1.807, 2.05) is 0 Å². The Balaban J connectivity index is 3.00. The average molecular weight is 358 g/mol. The monoisotopic (exact) mass is 358 g/mol. The first-order valence-electron chi connectivity index (χ1n) is 6.86. The van der Waals surface area contributed by atoms with E-state index in [-0.39, 0.29) is 23.4 Å². The summed E-state index contributed by atoms with van der Waals surface area (Å²) in [6, 6.07) is 2.88. The molecule has 0 radical (unpaired) electrons. The SMILES string of the molecule is CC(C)(CCNC(=O)c1cc([N+](=O)[O-])cc(S(C)(=O)=O)c1)C(=O)O. The third-order valence-electron chi connectivity index (χ3n) is 3.41. The minimum Gasteiger partial charge on any atom is -0.481 e. The van der Waals surface area contributed by atoms with Crippen LogP contribution >= 0.6 is 0 Å². The van der Waals surface area contributed by atoms with Gasteiger partial charge in [0.2, 0.25) is 0 Å². The highest BCUT2D eigenvalue weighted by atomic mass is 32.2. The zero-order valence-electron chi connectivity index (χ0n) is 13.4. The molecular weight excluding hydrogens is 340 g/mol. The van der Waals surface area contributed by atoms with Gasteiger partial charge in [0, 0.05) is 30.5 Å². The number of nitro groups is 1. The summed E-state index contributed by atoms with van der Waals surface area (Å²) in [5.74, 6) is -1.74. The topological polar surface area (TPSA) is 144 Å². The quantitative estimate of drug-likeness (QED) is 0.551. The number of benzene rings is 1. The first-order valence-corrected chi connectivity index (χ1v) is 8.75. The molecule has 0 bridgehead atoms. The average Bonchev–Trinajstić information content (AvgIpc) is 2.45. The van der Waals surface area contributed by atoms with Crippen molar-refractivity contribution in [3.8, 4) is 0 Å². The van der Waals surface area contributed by atoms with Crippen LogP contribution in [-0.4, -0.2) is 43.1 Å². The Morgan fingerprint density at radius 1 is 1.29 bits per heavy atom. The van der Waals surface area contributed by atoms with Crippen LogP contribution in [0.1, 0.15) is 30.6 Å². The smallest absolute Gasteiger partial charge is 0.309 e. The fourth-order valence-electron chi connectivity index (χ4n) is 1.73. The number of carbonyl (C=O) groups is 2. The molecule has 0 spiro atoms. The van der Waals surface area contributed by atoms with E-state index in [1.165, 1.54) is 13.8 Å². The number of carboxylic acids is 1. The lowest BCUT2D eigenvalue weighted by Gasteiger charge is -2.18. The van der Waals surface area contributed by atoms with Gasteiger partial charge in [0.05, 0.1) is 15.2 Å². The molecule has 0 unspecified atom stereocenters. The highest BCUT2D eigenvalue weighted by molar-refractivity contribution is 7.90. The van der Waals surface area contributed by atoms with E-state index in [0.717, 1.165) is 24.5 Å². The van der Waals surface area contributed by atoms with Crippen molar-refractivity contribution in [3.63, 3.8) is 0 Å². The summed E-state index contributed by atoms with van der Waals surface area (Å²) in [5.41, 5.74) is -1.75. The van der Waals surface area contributed by atoms with E-state index in [0.29, 0.717) is 0 Å². The highest BCUT2D eigenvalue weighted by Crippen LogP contribution is 2.22. The molecule has 1 aromatic rings. The van der Waals surface area contributed by atoms with E-state index >= 15 is 0 Å². The van der Waals surface area contributed by atoms with Crippen molar-refractivity contribution in [2.24, 2.45) is 5.41 Å². The van der Waals surface area contributed by atoms with Gasteiger partial charge in [-0.05, 0) is 26.3 Å². The van der Waals surface area contributed by atoms with Gasteiger partial charge >= 0.3 is 5.97 Å². The Hall–Kier alpha value is -2.49. The minimum atomic E-state index is -3.73. The maximum Gasteiger partial charge on any atom is 0.309 e. The Kier molecular flexibility index (Phi) is 5.67. The minimum absolute atomic E-state index is 0.0229. The number of amides is 1. The van der Waals surface area contributed by atoms with Crippen LogP contribution < -0.4 is 5.32 Å². The van der Waals surface area contributed by atoms with Gasteiger partial charge in [-0.2, -0.15) is 0 Å². The number of nitrogens with one attached hydrogen (secondary N) is 1. The molecule has 0 saturated carbocycles. The van der Waals surface area contributed by atoms with E-state index < -0.39 is 37.7 Å². The maximum absolute atomic E-state index is 12.1. The number of rotatable bonds is 7. The molecule has 0 aliphatic rings. The zero-order valence-corrected chi connectivity index (χ0v) is 14.2. The lowest BCUT2D eigenvalue weighted by molar-refractivity contribution is -0.385. The molecule has 10 heteroatoms. The number of carbonyl (C=O) groups excluding carboxylic acids is 1. The van der Waals surface area contributed by atoms with Crippen LogP contribution in [0.5, 0.6) is 0 Å². The first-order chi connectivity index (χ1) is 10.8. The van der Waals surface area contributed by atoms with Gasteiger partial charge in [0.15, 0.2) is 9.84 Å². The predicted octanol–water partition coefficient (Wildman–Crippen LogP) is 1.23. The van der Waals surface area contributed by atoms with E-state index in [1.54, 1.807) is 0 Å². The van der Waals surface area contributed by atoms with Gasteiger partial charge in [0.25, 0.3) is 11.6 Å². The number of nitrogens with zero attached hydrogens (tertiary/aromatic N) is 1. The summed E-state index contributed by atoms with van der Waals surface area (Å²) in [4.78, 5) is 32.8. The van der Waals surface area contributed by atoms with Gasteiger partial charge in [-0.3, -0.25) is 19.7 Å². The van der Waals surface area contributed by atoms with Crippen LogP contribution in [0.4, 0.5) is 5.69 Å². The Labute approximate surface area is 138 Å². The van der Waals surface area contributed by atoms with Crippen LogP contribution in [0.3, 0.4) is 0 Å². The molecular formula is C14H18N2O7S. The molecule has 0 atom stereocenters. The molecule has 0 heterocycles. The fraction of sp³-hybridized carbons (Fsp3) is 0.429. The first kappa shape index (κ1) is 19.6. The van der Waals surface area contributed by atoms with Gasteiger partial charge in [-0.15, -0.1) is 0 Å². The summed E-state index contributed by atoms with van der Waals surface area (Å²) in [6.07, 6.45) is 1.02. The van der Waals surface area contributed by atoms with Gasteiger partial charge in [-0.1, -0.05) is 0 Å². The molecule has 9 nitrogen and oxygen atoms in total. The lowest BCUT2D eigenvalue weighted by Crippen LogP contribution is -2.32. The standard InChI is InChI=1S/C14H18N2O7S/c1-14(2,13(18)19)4-5-15-12(17)9-6-10(16(20)21)8-11(7-9)24(3,22)23/h6-8H,4-5H2,1-3H3,(H,15,17)(H,18,19). The number of hydrogen-bond acceptors (Lipinski definition) is 6. The number of hydrogen-bond donors (Lipinski definition) is 2. The van der Waals surface area contributed by atoms with Crippen molar-refractivity contribution in [2.45, 2.75) is 25.2 Å². The molecule has 1 amide bonds. The summed E-state index contributed by atoms with van der Waals surface area (Å²) in [5, 5.41) is 22.3. The summed E-state index contributed by atoms with van der Waals surface area (Å²) >= 11 is 0. The van der Waals surface area contributed by atoms with E-state index in [2.05, 4.69) is 5.32 Å². The third kappa shape index (κ3) is 5.01. The van der Waals surface area contributed by atoms with E-state index in [9.17, 15) is 28.1 Å². The van der Waals surface area contributed by atoms with Crippen molar-refractivity contribution in [3.05, 3.63) is 33.9 Å². The number of aliphatic carboxylic acids is 1. The summed E-state index contributed by atoms with van der Waals surface area (Å²) in [7, 11) is -3.73. The van der Waals surface area contributed by atoms with Crippen LogP contribution in [0, 0.1) is 15.5 Å². The van der Waals surface area contributed by atoms with Gasteiger partial charge < -0.3 is 10.4 Å². The number of sulfone groups is 1. The summed E-state index contributed by atoms with van der Waals surface area (Å²) < 4.78 is 23.2. The maximum atomic E-state index is 12.1. The molecule has 2 N–H and O–H groups in total. The van der Waals surface area contributed by atoms with Crippen molar-refractivity contribution in [1.82, 2.24) is 5.32 Å². The highest BCUT2D eigenvalue weighted by Gasteiger charge is 2.27.